The predicted molar refractivity (Wildman–Crippen MR) is 55.2 cm³/mol. The Morgan fingerprint density at radius 1 is 1.00 bits per heavy atom. The van der Waals surface area contributed by atoms with E-state index < -0.39 is 40.5 Å². The van der Waals surface area contributed by atoms with Gasteiger partial charge < -0.3 is 0 Å². The van der Waals surface area contributed by atoms with E-state index in [-0.39, 0.29) is 6.07 Å². The van der Waals surface area contributed by atoms with Crippen LogP contribution in [0.25, 0.3) is 0 Å². The summed E-state index contributed by atoms with van der Waals surface area (Å²) in [5, 5.41) is 17.4. The molecule has 0 N–H and O–H groups in total. The van der Waals surface area contributed by atoms with E-state index in [1.807, 2.05) is 0 Å². The van der Waals surface area contributed by atoms with Crippen molar-refractivity contribution in [3.05, 3.63) is 34.4 Å². The van der Waals surface area contributed by atoms with Crippen molar-refractivity contribution in [3.63, 3.8) is 0 Å². The van der Waals surface area contributed by atoms with Crippen molar-refractivity contribution < 1.29 is 26.3 Å². The van der Waals surface area contributed by atoms with E-state index in [0.717, 1.165) is 6.92 Å². The van der Waals surface area contributed by atoms with E-state index >= 15 is 0 Å². The zero-order chi connectivity index (χ0) is 15.7. The molecule has 1 aromatic carbocycles. The third-order valence-electron chi connectivity index (χ3n) is 2.56. The zero-order valence-corrected chi connectivity index (χ0v) is 9.89. The van der Waals surface area contributed by atoms with Gasteiger partial charge >= 0.3 is 12.4 Å². The molecule has 0 aliphatic heterocycles. The molecule has 1 unspecified atom stereocenters. The molecule has 0 aliphatic rings. The van der Waals surface area contributed by atoms with Gasteiger partial charge in [0, 0.05) is 0 Å². The molecule has 0 bridgehead atoms. The molecule has 0 aliphatic carbocycles. The van der Waals surface area contributed by atoms with Crippen LogP contribution in [0.5, 0.6) is 0 Å². The van der Waals surface area contributed by atoms with Crippen molar-refractivity contribution in [1.82, 2.24) is 0 Å². The van der Waals surface area contributed by atoms with Gasteiger partial charge in [-0.2, -0.15) is 36.9 Å². The Hall–Kier alpha value is -2.22. The summed E-state index contributed by atoms with van der Waals surface area (Å²) < 4.78 is 76.2. The Morgan fingerprint density at radius 3 is 1.90 bits per heavy atom. The van der Waals surface area contributed by atoms with Crippen molar-refractivity contribution in [2.45, 2.75) is 25.2 Å². The van der Waals surface area contributed by atoms with Gasteiger partial charge in [0.15, 0.2) is 0 Å². The largest absolute Gasteiger partial charge is 0.416 e. The topological polar surface area (TPSA) is 47.6 Å². The highest BCUT2D eigenvalue weighted by atomic mass is 19.4. The smallest absolute Gasteiger partial charge is 0.198 e. The molecule has 2 nitrogen and oxygen atoms in total. The van der Waals surface area contributed by atoms with Crippen LogP contribution < -0.4 is 0 Å². The molecule has 0 aromatic heterocycles. The maximum Gasteiger partial charge on any atom is 0.416 e. The second-order valence-electron chi connectivity index (χ2n) is 3.94. The van der Waals surface area contributed by atoms with E-state index in [4.69, 9.17) is 10.5 Å². The van der Waals surface area contributed by atoms with Gasteiger partial charge in [-0.25, -0.2) is 0 Å². The summed E-state index contributed by atoms with van der Waals surface area (Å²) in [6.45, 7) is 1.08. The fourth-order valence-corrected chi connectivity index (χ4v) is 1.68. The van der Waals surface area contributed by atoms with Crippen molar-refractivity contribution in [1.29, 1.82) is 10.5 Å². The summed E-state index contributed by atoms with van der Waals surface area (Å²) in [6.07, 6.45) is -10.1. The molecule has 106 valence electrons. The molecule has 1 atom stereocenters. The summed E-state index contributed by atoms with van der Waals surface area (Å²) in [7, 11) is 0. The van der Waals surface area contributed by atoms with E-state index in [1.165, 1.54) is 12.1 Å². The molecule has 8 heteroatoms. The van der Waals surface area contributed by atoms with Gasteiger partial charge in [0.25, 0.3) is 0 Å². The molecular formula is C12H6F6N2. The first-order valence-electron chi connectivity index (χ1n) is 5.14. The Balaban J connectivity index is 3.77. The number of hydrogen-bond acceptors (Lipinski definition) is 2. The quantitative estimate of drug-likeness (QED) is 0.727. The maximum absolute atomic E-state index is 12.8. The summed E-state index contributed by atoms with van der Waals surface area (Å²) in [6, 6.07) is 3.02. The third-order valence-corrected chi connectivity index (χ3v) is 2.56. The molecule has 0 amide bonds. The van der Waals surface area contributed by atoms with E-state index in [2.05, 4.69) is 0 Å². The lowest BCUT2D eigenvalue weighted by molar-refractivity contribution is -0.143. The van der Waals surface area contributed by atoms with Crippen molar-refractivity contribution in [2.75, 3.05) is 0 Å². The fraction of sp³-hybridized carbons (Fsp3) is 0.333. The van der Waals surface area contributed by atoms with Gasteiger partial charge in [-0.3, -0.25) is 0 Å². The number of hydrogen-bond donors (Lipinski definition) is 0. The SMILES string of the molecule is CC(C#N)c1c(C#N)cc(C(F)(F)F)cc1C(F)(F)F. The van der Waals surface area contributed by atoms with Crippen LogP contribution in [0.15, 0.2) is 12.1 Å². The maximum atomic E-state index is 12.8. The van der Waals surface area contributed by atoms with Crippen molar-refractivity contribution in [3.8, 4) is 12.1 Å². The van der Waals surface area contributed by atoms with E-state index in [0.29, 0.717) is 6.07 Å². The minimum absolute atomic E-state index is 0.0794. The highest BCUT2D eigenvalue weighted by Gasteiger charge is 2.40. The standard InChI is InChI=1S/C12H6F6N2/c1-6(4-19)10-7(5-20)2-8(11(13,14)15)3-9(10)12(16,17)18/h2-3,6H,1H3. The monoisotopic (exact) mass is 292 g/mol. The van der Waals surface area contributed by atoms with Crippen LogP contribution in [-0.4, -0.2) is 0 Å². The summed E-state index contributed by atoms with van der Waals surface area (Å²) in [5.74, 6) is -1.36. The van der Waals surface area contributed by atoms with Gasteiger partial charge in [-0.15, -0.1) is 0 Å². The average Bonchev–Trinajstić information content (AvgIpc) is 2.33. The second-order valence-corrected chi connectivity index (χ2v) is 3.94. The minimum atomic E-state index is -5.09. The molecule has 0 fully saturated rings. The molecule has 0 saturated heterocycles. The molecule has 0 heterocycles. The van der Waals surface area contributed by atoms with Gasteiger partial charge in [0.2, 0.25) is 0 Å². The predicted octanol–water partition coefficient (Wildman–Crippen LogP) is 4.22. The fourth-order valence-electron chi connectivity index (χ4n) is 1.68. The first-order chi connectivity index (χ1) is 9.02. The Labute approximate surface area is 109 Å². The highest BCUT2D eigenvalue weighted by molar-refractivity contribution is 5.51. The molecule has 0 radical (unpaired) electrons. The van der Waals surface area contributed by atoms with Gasteiger partial charge in [0.05, 0.1) is 34.7 Å². The lowest BCUT2D eigenvalue weighted by Gasteiger charge is -2.18. The lowest BCUT2D eigenvalue weighted by atomic mass is 9.89. The first kappa shape index (κ1) is 15.8. The Morgan fingerprint density at radius 2 is 1.55 bits per heavy atom. The zero-order valence-electron chi connectivity index (χ0n) is 9.89. The molecule has 1 aromatic rings. The van der Waals surface area contributed by atoms with Crippen LogP contribution >= 0.6 is 0 Å². The normalized spacial score (nSPS) is 13.4. The van der Waals surface area contributed by atoms with Crippen LogP contribution in [0.2, 0.25) is 0 Å². The lowest BCUT2D eigenvalue weighted by Crippen LogP contribution is -2.16. The second kappa shape index (κ2) is 5.04. The molecular weight excluding hydrogens is 286 g/mol. The van der Waals surface area contributed by atoms with Crippen LogP contribution in [0.3, 0.4) is 0 Å². The number of rotatable bonds is 1. The summed E-state index contributed by atoms with van der Waals surface area (Å²) >= 11 is 0. The van der Waals surface area contributed by atoms with Gasteiger partial charge in [0.1, 0.15) is 0 Å². The number of nitrogens with zero attached hydrogens (tertiary/aromatic N) is 2. The number of nitriles is 2. The average molecular weight is 292 g/mol. The number of halogens is 6. The molecule has 1 rings (SSSR count). The highest BCUT2D eigenvalue weighted by Crippen LogP contribution is 2.41. The van der Waals surface area contributed by atoms with Crippen LogP contribution in [0.1, 0.15) is 35.1 Å². The van der Waals surface area contributed by atoms with Crippen LogP contribution in [0, 0.1) is 22.7 Å². The summed E-state index contributed by atoms with van der Waals surface area (Å²) in [5.41, 5.74) is -4.73. The number of alkyl halides is 6. The van der Waals surface area contributed by atoms with Crippen molar-refractivity contribution in [2.24, 2.45) is 0 Å². The Kier molecular flexibility index (Phi) is 3.99. The van der Waals surface area contributed by atoms with Gasteiger partial charge in [-0.1, -0.05) is 0 Å². The van der Waals surface area contributed by atoms with Crippen molar-refractivity contribution >= 4 is 0 Å². The molecule has 20 heavy (non-hydrogen) atoms. The van der Waals surface area contributed by atoms with Crippen LogP contribution in [0.4, 0.5) is 26.3 Å². The number of benzene rings is 1. The first-order valence-corrected chi connectivity index (χ1v) is 5.14. The third kappa shape index (κ3) is 3.02. The van der Waals surface area contributed by atoms with E-state index in [9.17, 15) is 26.3 Å². The molecule has 0 spiro atoms. The molecule has 0 saturated carbocycles. The van der Waals surface area contributed by atoms with Gasteiger partial charge in [-0.05, 0) is 24.6 Å². The van der Waals surface area contributed by atoms with Crippen LogP contribution in [-0.2, 0) is 12.4 Å². The summed E-state index contributed by atoms with van der Waals surface area (Å²) in [4.78, 5) is 0. The Bertz CT molecular complexity index is 601. The minimum Gasteiger partial charge on any atom is -0.198 e. The van der Waals surface area contributed by atoms with E-state index in [1.54, 1.807) is 0 Å².